The van der Waals surface area contributed by atoms with Crippen LogP contribution in [0.25, 0.3) is 10.9 Å². The van der Waals surface area contributed by atoms with Crippen LogP contribution in [0.2, 0.25) is 4.34 Å². The SMILES string of the molecule is NC(c1ccc(Cl)s1)c1ccnc2ccccc12. The molecule has 2 nitrogen and oxygen atoms in total. The van der Waals surface area contributed by atoms with Gasteiger partial charge in [0.2, 0.25) is 0 Å². The number of pyridine rings is 1. The number of hydrogen-bond acceptors (Lipinski definition) is 3. The van der Waals surface area contributed by atoms with Crippen LogP contribution in [0.1, 0.15) is 16.5 Å². The monoisotopic (exact) mass is 274 g/mol. The van der Waals surface area contributed by atoms with E-state index in [4.69, 9.17) is 17.3 Å². The number of fused-ring (bicyclic) bond motifs is 1. The quantitative estimate of drug-likeness (QED) is 0.767. The van der Waals surface area contributed by atoms with E-state index in [1.54, 1.807) is 6.20 Å². The van der Waals surface area contributed by atoms with Gasteiger partial charge in [-0.15, -0.1) is 11.3 Å². The Kier molecular flexibility index (Phi) is 3.04. The van der Waals surface area contributed by atoms with E-state index in [1.165, 1.54) is 11.3 Å². The average Bonchev–Trinajstić information content (AvgIpc) is 2.84. The van der Waals surface area contributed by atoms with Crippen molar-refractivity contribution in [1.82, 2.24) is 4.98 Å². The predicted molar refractivity (Wildman–Crippen MR) is 77.1 cm³/mol. The Bertz CT molecular complexity index is 688. The summed E-state index contributed by atoms with van der Waals surface area (Å²) in [6.45, 7) is 0. The van der Waals surface area contributed by atoms with Gasteiger partial charge < -0.3 is 5.73 Å². The molecule has 1 unspecified atom stereocenters. The Balaban J connectivity index is 2.14. The van der Waals surface area contributed by atoms with Crippen molar-refractivity contribution in [3.8, 4) is 0 Å². The highest BCUT2D eigenvalue weighted by Crippen LogP contribution is 2.32. The van der Waals surface area contributed by atoms with E-state index in [0.717, 1.165) is 25.7 Å². The highest BCUT2D eigenvalue weighted by molar-refractivity contribution is 7.16. The van der Waals surface area contributed by atoms with E-state index >= 15 is 0 Å². The number of aromatic nitrogens is 1. The molecule has 1 aromatic carbocycles. The highest BCUT2D eigenvalue weighted by Gasteiger charge is 2.14. The molecule has 0 amide bonds. The lowest BCUT2D eigenvalue weighted by atomic mass is 10.0. The van der Waals surface area contributed by atoms with Crippen molar-refractivity contribution >= 4 is 33.8 Å². The molecule has 0 radical (unpaired) electrons. The molecule has 2 N–H and O–H groups in total. The smallest absolute Gasteiger partial charge is 0.0931 e. The zero-order valence-electron chi connectivity index (χ0n) is 9.51. The molecule has 0 aliphatic rings. The summed E-state index contributed by atoms with van der Waals surface area (Å²) in [6, 6.07) is 13.7. The molecule has 0 aliphatic carbocycles. The molecule has 18 heavy (non-hydrogen) atoms. The summed E-state index contributed by atoms with van der Waals surface area (Å²) < 4.78 is 0.763. The van der Waals surface area contributed by atoms with Crippen LogP contribution in [-0.4, -0.2) is 4.98 Å². The van der Waals surface area contributed by atoms with Crippen molar-refractivity contribution in [1.29, 1.82) is 0 Å². The van der Waals surface area contributed by atoms with Gasteiger partial charge >= 0.3 is 0 Å². The summed E-state index contributed by atoms with van der Waals surface area (Å²) in [7, 11) is 0. The Morgan fingerprint density at radius 1 is 1.11 bits per heavy atom. The Hall–Kier alpha value is -1.42. The third-order valence-electron chi connectivity index (χ3n) is 2.92. The molecule has 0 spiro atoms. The van der Waals surface area contributed by atoms with Crippen LogP contribution in [0, 0.1) is 0 Å². The van der Waals surface area contributed by atoms with Crippen LogP contribution in [0.4, 0.5) is 0 Å². The van der Waals surface area contributed by atoms with Crippen molar-refractivity contribution in [3.05, 3.63) is 63.4 Å². The normalized spacial score (nSPS) is 12.8. The number of nitrogens with two attached hydrogens (primary N) is 1. The van der Waals surface area contributed by atoms with Gasteiger partial charge in [0.25, 0.3) is 0 Å². The zero-order chi connectivity index (χ0) is 12.5. The van der Waals surface area contributed by atoms with Crippen molar-refractivity contribution in [3.63, 3.8) is 0 Å². The maximum Gasteiger partial charge on any atom is 0.0931 e. The second-order valence-electron chi connectivity index (χ2n) is 4.04. The minimum absolute atomic E-state index is 0.157. The van der Waals surface area contributed by atoms with Gasteiger partial charge in [-0.05, 0) is 29.8 Å². The van der Waals surface area contributed by atoms with Crippen molar-refractivity contribution in [2.75, 3.05) is 0 Å². The average molecular weight is 275 g/mol. The Morgan fingerprint density at radius 3 is 2.72 bits per heavy atom. The van der Waals surface area contributed by atoms with Crippen molar-refractivity contribution < 1.29 is 0 Å². The maximum atomic E-state index is 6.32. The Morgan fingerprint density at radius 2 is 1.94 bits per heavy atom. The summed E-state index contributed by atoms with van der Waals surface area (Å²) in [5.74, 6) is 0. The van der Waals surface area contributed by atoms with Crippen LogP contribution in [0.5, 0.6) is 0 Å². The van der Waals surface area contributed by atoms with Gasteiger partial charge in [0.05, 0.1) is 15.9 Å². The van der Waals surface area contributed by atoms with Crippen LogP contribution < -0.4 is 5.73 Å². The van der Waals surface area contributed by atoms with E-state index in [1.807, 2.05) is 42.5 Å². The fraction of sp³-hybridized carbons (Fsp3) is 0.0714. The first kappa shape index (κ1) is 11.7. The summed E-state index contributed by atoms with van der Waals surface area (Å²) in [4.78, 5) is 5.41. The molecule has 4 heteroatoms. The maximum absolute atomic E-state index is 6.32. The van der Waals surface area contributed by atoms with Gasteiger partial charge in [-0.1, -0.05) is 29.8 Å². The van der Waals surface area contributed by atoms with Crippen LogP contribution in [0.15, 0.2) is 48.7 Å². The van der Waals surface area contributed by atoms with Gasteiger partial charge in [0, 0.05) is 16.5 Å². The zero-order valence-corrected chi connectivity index (χ0v) is 11.1. The van der Waals surface area contributed by atoms with E-state index in [2.05, 4.69) is 4.98 Å². The molecule has 90 valence electrons. The number of para-hydroxylation sites is 1. The fourth-order valence-corrected chi connectivity index (χ4v) is 3.12. The molecular formula is C14H11ClN2S. The van der Waals surface area contributed by atoms with E-state index < -0.39 is 0 Å². The first-order valence-electron chi connectivity index (χ1n) is 5.60. The third-order valence-corrected chi connectivity index (χ3v) is 4.23. The van der Waals surface area contributed by atoms with Crippen molar-refractivity contribution in [2.45, 2.75) is 6.04 Å². The Labute approximate surface area is 114 Å². The van der Waals surface area contributed by atoms with E-state index in [-0.39, 0.29) is 6.04 Å². The lowest BCUT2D eigenvalue weighted by Crippen LogP contribution is -2.10. The van der Waals surface area contributed by atoms with Crippen LogP contribution in [0.3, 0.4) is 0 Å². The number of hydrogen-bond donors (Lipinski definition) is 1. The molecule has 0 fully saturated rings. The summed E-state index contributed by atoms with van der Waals surface area (Å²) in [6.07, 6.45) is 1.80. The largest absolute Gasteiger partial charge is 0.320 e. The molecule has 0 aliphatic heterocycles. The van der Waals surface area contributed by atoms with Gasteiger partial charge in [0.1, 0.15) is 0 Å². The van der Waals surface area contributed by atoms with Crippen LogP contribution in [-0.2, 0) is 0 Å². The van der Waals surface area contributed by atoms with Gasteiger partial charge in [-0.3, -0.25) is 4.98 Å². The summed E-state index contributed by atoms with van der Waals surface area (Å²) in [5, 5.41) is 1.09. The number of thiophene rings is 1. The second-order valence-corrected chi connectivity index (χ2v) is 5.78. The molecule has 3 aromatic rings. The lowest BCUT2D eigenvalue weighted by molar-refractivity contribution is 0.901. The molecule has 2 aromatic heterocycles. The molecule has 1 atom stereocenters. The molecule has 0 bridgehead atoms. The third kappa shape index (κ3) is 2.01. The van der Waals surface area contributed by atoms with E-state index in [9.17, 15) is 0 Å². The second kappa shape index (κ2) is 4.69. The summed E-state index contributed by atoms with van der Waals surface area (Å²) in [5.41, 5.74) is 8.37. The molecular weight excluding hydrogens is 264 g/mol. The molecule has 0 saturated carbocycles. The van der Waals surface area contributed by atoms with Gasteiger partial charge in [-0.25, -0.2) is 0 Å². The minimum Gasteiger partial charge on any atom is -0.320 e. The minimum atomic E-state index is -0.157. The molecule has 2 heterocycles. The summed E-state index contributed by atoms with van der Waals surface area (Å²) >= 11 is 7.48. The number of halogens is 1. The van der Waals surface area contributed by atoms with Gasteiger partial charge in [-0.2, -0.15) is 0 Å². The number of nitrogens with zero attached hydrogens (tertiary/aromatic N) is 1. The highest BCUT2D eigenvalue weighted by atomic mass is 35.5. The van der Waals surface area contributed by atoms with E-state index in [0.29, 0.717) is 0 Å². The van der Waals surface area contributed by atoms with Gasteiger partial charge in [0.15, 0.2) is 0 Å². The standard InChI is InChI=1S/C14H11ClN2S/c15-13-6-5-12(18-13)14(16)10-7-8-17-11-4-2-1-3-9(10)11/h1-8,14H,16H2. The van der Waals surface area contributed by atoms with Crippen LogP contribution >= 0.6 is 22.9 Å². The molecule has 3 rings (SSSR count). The lowest BCUT2D eigenvalue weighted by Gasteiger charge is -2.12. The van der Waals surface area contributed by atoms with Crippen molar-refractivity contribution in [2.24, 2.45) is 5.73 Å². The number of rotatable bonds is 2. The predicted octanol–water partition coefficient (Wildman–Crippen LogP) is 4.00. The molecule has 0 saturated heterocycles. The fourth-order valence-electron chi connectivity index (χ4n) is 2.04. The first-order chi connectivity index (χ1) is 8.75. The first-order valence-corrected chi connectivity index (χ1v) is 6.79. The topological polar surface area (TPSA) is 38.9 Å². The number of benzene rings is 1.